The van der Waals surface area contributed by atoms with E-state index in [4.69, 9.17) is 4.74 Å². The fourth-order valence-electron chi connectivity index (χ4n) is 2.44. The van der Waals surface area contributed by atoms with E-state index >= 15 is 0 Å². The van der Waals surface area contributed by atoms with Gasteiger partial charge in [-0.2, -0.15) is 0 Å². The molecular weight excluding hydrogens is 310 g/mol. The molecule has 1 amide bonds. The third kappa shape index (κ3) is 5.93. The van der Waals surface area contributed by atoms with Crippen LogP contribution in [0, 0.1) is 0 Å². The Morgan fingerprint density at radius 1 is 1.00 bits per heavy atom. The quantitative estimate of drug-likeness (QED) is 0.713. The minimum Gasteiger partial charge on any atom is -0.494 e. The van der Waals surface area contributed by atoms with Crippen LogP contribution in [-0.4, -0.2) is 12.5 Å². The minimum atomic E-state index is -0.0694. The standard InChI is InChI=1S/C22H29NO2/c1-5-6-15-25-20-13-9-18(10-14-20)21(24)23-16-17-7-11-19(12-8-17)22(2,3)4/h7-14H,5-6,15-16H2,1-4H3,(H,23,24). The fourth-order valence-corrected chi connectivity index (χ4v) is 2.44. The van der Waals surface area contributed by atoms with Crippen LogP contribution in [0.15, 0.2) is 48.5 Å². The normalized spacial score (nSPS) is 11.2. The third-order valence-corrected chi connectivity index (χ3v) is 4.16. The maximum absolute atomic E-state index is 12.3. The Balaban J connectivity index is 1.87. The molecule has 2 rings (SSSR count). The van der Waals surface area contributed by atoms with E-state index in [0.29, 0.717) is 18.7 Å². The number of ether oxygens (including phenoxy) is 1. The van der Waals surface area contributed by atoms with Crippen molar-refractivity contribution >= 4 is 5.91 Å². The van der Waals surface area contributed by atoms with Crippen molar-refractivity contribution in [3.05, 3.63) is 65.2 Å². The molecule has 3 heteroatoms. The Bertz CT molecular complexity index is 667. The molecule has 0 saturated heterocycles. The van der Waals surface area contributed by atoms with Gasteiger partial charge in [0.15, 0.2) is 0 Å². The number of benzene rings is 2. The van der Waals surface area contributed by atoms with E-state index in [2.05, 4.69) is 57.3 Å². The second-order valence-electron chi connectivity index (χ2n) is 7.36. The summed E-state index contributed by atoms with van der Waals surface area (Å²) in [7, 11) is 0. The molecule has 0 radical (unpaired) electrons. The molecule has 0 fully saturated rings. The van der Waals surface area contributed by atoms with Gasteiger partial charge in [0.25, 0.3) is 5.91 Å². The van der Waals surface area contributed by atoms with Crippen LogP contribution in [-0.2, 0) is 12.0 Å². The molecule has 0 aromatic heterocycles. The average molecular weight is 339 g/mol. The number of unbranched alkanes of at least 4 members (excludes halogenated alkanes) is 1. The Hall–Kier alpha value is -2.29. The number of hydrogen-bond donors (Lipinski definition) is 1. The zero-order valence-electron chi connectivity index (χ0n) is 15.8. The highest BCUT2D eigenvalue weighted by molar-refractivity contribution is 5.94. The summed E-state index contributed by atoms with van der Waals surface area (Å²) >= 11 is 0. The molecular formula is C22H29NO2. The third-order valence-electron chi connectivity index (χ3n) is 4.16. The van der Waals surface area contributed by atoms with Crippen molar-refractivity contribution in [2.75, 3.05) is 6.61 Å². The lowest BCUT2D eigenvalue weighted by atomic mass is 9.87. The Morgan fingerprint density at radius 3 is 2.20 bits per heavy atom. The summed E-state index contributed by atoms with van der Waals surface area (Å²) in [5, 5.41) is 2.97. The zero-order chi connectivity index (χ0) is 18.3. The summed E-state index contributed by atoms with van der Waals surface area (Å²) in [6, 6.07) is 15.7. The van der Waals surface area contributed by atoms with Crippen LogP contribution in [0.3, 0.4) is 0 Å². The van der Waals surface area contributed by atoms with E-state index in [1.165, 1.54) is 5.56 Å². The monoisotopic (exact) mass is 339 g/mol. The van der Waals surface area contributed by atoms with E-state index in [1.54, 1.807) is 12.1 Å². The van der Waals surface area contributed by atoms with Crippen molar-refractivity contribution < 1.29 is 9.53 Å². The number of carbonyl (C=O) groups excluding carboxylic acids is 1. The summed E-state index contributed by atoms with van der Waals surface area (Å²) in [5.74, 6) is 0.739. The molecule has 0 aliphatic heterocycles. The van der Waals surface area contributed by atoms with Crippen LogP contribution in [0.1, 0.15) is 62.0 Å². The molecule has 0 saturated carbocycles. The predicted octanol–water partition coefficient (Wildman–Crippen LogP) is 5.09. The van der Waals surface area contributed by atoms with E-state index < -0.39 is 0 Å². The van der Waals surface area contributed by atoms with Crippen molar-refractivity contribution in [3.8, 4) is 5.75 Å². The molecule has 2 aromatic carbocycles. The first-order chi connectivity index (χ1) is 11.9. The second-order valence-corrected chi connectivity index (χ2v) is 7.36. The first-order valence-electron chi connectivity index (χ1n) is 9.00. The highest BCUT2D eigenvalue weighted by Crippen LogP contribution is 2.22. The lowest BCUT2D eigenvalue weighted by Gasteiger charge is -2.19. The van der Waals surface area contributed by atoms with Gasteiger partial charge in [-0.25, -0.2) is 0 Å². The molecule has 0 unspecified atom stereocenters. The van der Waals surface area contributed by atoms with E-state index in [9.17, 15) is 4.79 Å². The second kappa shape index (κ2) is 8.70. The number of hydrogen-bond acceptors (Lipinski definition) is 2. The van der Waals surface area contributed by atoms with Crippen molar-refractivity contribution in [2.45, 2.75) is 52.5 Å². The number of amides is 1. The summed E-state index contributed by atoms with van der Waals surface area (Å²) in [5.41, 5.74) is 3.18. The molecule has 25 heavy (non-hydrogen) atoms. The van der Waals surface area contributed by atoms with E-state index in [0.717, 1.165) is 24.2 Å². The summed E-state index contributed by atoms with van der Waals surface area (Å²) in [6.45, 7) is 9.95. The summed E-state index contributed by atoms with van der Waals surface area (Å²) < 4.78 is 5.62. The zero-order valence-corrected chi connectivity index (χ0v) is 15.8. The van der Waals surface area contributed by atoms with Gasteiger partial charge < -0.3 is 10.1 Å². The largest absolute Gasteiger partial charge is 0.494 e. The summed E-state index contributed by atoms with van der Waals surface area (Å²) in [6.07, 6.45) is 2.15. The topological polar surface area (TPSA) is 38.3 Å². The Labute approximate surface area is 151 Å². The summed E-state index contributed by atoms with van der Waals surface area (Å²) in [4.78, 5) is 12.3. The van der Waals surface area contributed by atoms with Crippen LogP contribution in [0.25, 0.3) is 0 Å². The van der Waals surface area contributed by atoms with Crippen molar-refractivity contribution in [2.24, 2.45) is 0 Å². The maximum atomic E-state index is 12.3. The van der Waals surface area contributed by atoms with Gasteiger partial charge in [-0.1, -0.05) is 58.4 Å². The van der Waals surface area contributed by atoms with Gasteiger partial charge in [0.05, 0.1) is 6.61 Å². The van der Waals surface area contributed by atoms with Gasteiger partial charge in [0.1, 0.15) is 5.75 Å². The van der Waals surface area contributed by atoms with Gasteiger partial charge in [-0.3, -0.25) is 4.79 Å². The minimum absolute atomic E-state index is 0.0694. The van der Waals surface area contributed by atoms with Gasteiger partial charge in [0, 0.05) is 12.1 Å². The van der Waals surface area contributed by atoms with Crippen LogP contribution >= 0.6 is 0 Å². The molecule has 0 aliphatic carbocycles. The molecule has 0 bridgehead atoms. The molecule has 2 aromatic rings. The van der Waals surface area contributed by atoms with Crippen LogP contribution in [0.5, 0.6) is 5.75 Å². The van der Waals surface area contributed by atoms with Gasteiger partial charge in [-0.15, -0.1) is 0 Å². The number of nitrogens with one attached hydrogen (secondary N) is 1. The highest BCUT2D eigenvalue weighted by atomic mass is 16.5. The molecule has 0 spiro atoms. The molecule has 0 heterocycles. The van der Waals surface area contributed by atoms with Crippen molar-refractivity contribution in [1.82, 2.24) is 5.32 Å². The van der Waals surface area contributed by atoms with Crippen LogP contribution in [0.2, 0.25) is 0 Å². The van der Waals surface area contributed by atoms with E-state index in [-0.39, 0.29) is 11.3 Å². The molecule has 0 aliphatic rings. The molecule has 0 atom stereocenters. The predicted molar refractivity (Wildman–Crippen MR) is 103 cm³/mol. The fraction of sp³-hybridized carbons (Fsp3) is 0.409. The molecule has 1 N–H and O–H groups in total. The SMILES string of the molecule is CCCCOc1ccc(C(=O)NCc2ccc(C(C)(C)C)cc2)cc1. The lowest BCUT2D eigenvalue weighted by Crippen LogP contribution is -2.22. The number of rotatable bonds is 7. The average Bonchev–Trinajstić information content (AvgIpc) is 2.60. The van der Waals surface area contributed by atoms with Gasteiger partial charge in [-0.05, 0) is 47.2 Å². The number of carbonyl (C=O) groups is 1. The van der Waals surface area contributed by atoms with Crippen molar-refractivity contribution in [3.63, 3.8) is 0 Å². The smallest absolute Gasteiger partial charge is 0.251 e. The first-order valence-corrected chi connectivity index (χ1v) is 9.00. The van der Waals surface area contributed by atoms with Crippen LogP contribution in [0.4, 0.5) is 0 Å². The Kier molecular flexibility index (Phi) is 6.63. The van der Waals surface area contributed by atoms with E-state index in [1.807, 2.05) is 12.1 Å². The molecule has 3 nitrogen and oxygen atoms in total. The van der Waals surface area contributed by atoms with Crippen molar-refractivity contribution in [1.29, 1.82) is 0 Å². The Morgan fingerprint density at radius 2 is 1.64 bits per heavy atom. The first kappa shape index (κ1) is 19.0. The highest BCUT2D eigenvalue weighted by Gasteiger charge is 2.13. The lowest BCUT2D eigenvalue weighted by molar-refractivity contribution is 0.0951. The van der Waals surface area contributed by atoms with Gasteiger partial charge in [0.2, 0.25) is 0 Å². The molecule has 134 valence electrons. The van der Waals surface area contributed by atoms with Gasteiger partial charge >= 0.3 is 0 Å². The maximum Gasteiger partial charge on any atom is 0.251 e. The van der Waals surface area contributed by atoms with Crippen LogP contribution < -0.4 is 10.1 Å².